The molecule has 0 aromatic carbocycles. The van der Waals surface area contributed by atoms with Crippen LogP contribution in [0.15, 0.2) is 17.5 Å². The summed E-state index contributed by atoms with van der Waals surface area (Å²) < 4.78 is 0. The van der Waals surface area contributed by atoms with Gasteiger partial charge in [-0.1, -0.05) is 19.9 Å². The Kier molecular flexibility index (Phi) is 5.78. The van der Waals surface area contributed by atoms with Gasteiger partial charge in [0.1, 0.15) is 0 Å². The number of nitrogens with one attached hydrogen (secondary N) is 1. The minimum atomic E-state index is -0.842. The quantitative estimate of drug-likeness (QED) is 0.811. The van der Waals surface area contributed by atoms with Crippen molar-refractivity contribution in [2.45, 2.75) is 58.5 Å². The molecule has 0 spiro atoms. The third-order valence-corrected chi connectivity index (χ3v) is 4.79. The van der Waals surface area contributed by atoms with Crippen molar-refractivity contribution in [3.05, 3.63) is 22.4 Å². The molecule has 0 aliphatic carbocycles. The molecule has 1 rings (SSSR count). The lowest BCUT2D eigenvalue weighted by Gasteiger charge is -2.28. The third kappa shape index (κ3) is 4.91. The van der Waals surface area contributed by atoms with Crippen LogP contribution in [0.3, 0.4) is 0 Å². The molecule has 0 bridgehead atoms. The second-order valence-electron chi connectivity index (χ2n) is 6.71. The van der Waals surface area contributed by atoms with Crippen molar-refractivity contribution < 1.29 is 9.90 Å². The van der Waals surface area contributed by atoms with Crippen LogP contribution in [0, 0.1) is 5.92 Å². The first-order chi connectivity index (χ1) is 9.15. The smallest absolute Gasteiger partial charge is 0.231 e. The molecule has 1 heterocycles. The highest BCUT2D eigenvalue weighted by molar-refractivity contribution is 7.10. The number of carbonyl (C=O) groups excluding carboxylic acids is 1. The Morgan fingerprint density at radius 2 is 2.05 bits per heavy atom. The maximum Gasteiger partial charge on any atom is 0.231 e. The van der Waals surface area contributed by atoms with Gasteiger partial charge in [0.15, 0.2) is 0 Å². The van der Waals surface area contributed by atoms with Crippen LogP contribution in [0.5, 0.6) is 0 Å². The second-order valence-corrected chi connectivity index (χ2v) is 7.66. The van der Waals surface area contributed by atoms with E-state index in [0.717, 1.165) is 11.3 Å². The van der Waals surface area contributed by atoms with E-state index in [2.05, 4.69) is 19.2 Å². The van der Waals surface area contributed by atoms with E-state index >= 15 is 0 Å². The maximum absolute atomic E-state index is 12.3. The molecule has 0 aliphatic rings. The molecular formula is C16H27NO2S. The Hall–Kier alpha value is -0.870. The molecule has 3 nitrogen and oxygen atoms in total. The van der Waals surface area contributed by atoms with Crippen molar-refractivity contribution in [3.8, 4) is 0 Å². The van der Waals surface area contributed by atoms with E-state index < -0.39 is 11.0 Å². The average molecular weight is 297 g/mol. The van der Waals surface area contributed by atoms with Crippen molar-refractivity contribution >= 4 is 17.2 Å². The van der Waals surface area contributed by atoms with E-state index in [1.165, 1.54) is 0 Å². The standard InChI is InChI=1S/C16H27NO2S/c1-12(2)8-9-16(5,19)11-17-14(18)15(3,4)13-7-6-10-20-13/h6-7,10,12,19H,8-9,11H2,1-5H3,(H,17,18). The monoisotopic (exact) mass is 297 g/mol. The molecule has 1 atom stereocenters. The minimum Gasteiger partial charge on any atom is -0.388 e. The van der Waals surface area contributed by atoms with E-state index in [-0.39, 0.29) is 5.91 Å². The molecular weight excluding hydrogens is 270 g/mol. The first-order valence-electron chi connectivity index (χ1n) is 7.20. The summed E-state index contributed by atoms with van der Waals surface area (Å²) in [5.41, 5.74) is -1.40. The lowest BCUT2D eigenvalue weighted by molar-refractivity contribution is -0.126. The molecule has 1 aromatic heterocycles. The van der Waals surface area contributed by atoms with Gasteiger partial charge in [-0.15, -0.1) is 11.3 Å². The van der Waals surface area contributed by atoms with Crippen molar-refractivity contribution in [2.75, 3.05) is 6.54 Å². The van der Waals surface area contributed by atoms with Crippen molar-refractivity contribution in [1.82, 2.24) is 5.32 Å². The summed E-state index contributed by atoms with van der Waals surface area (Å²) in [6.45, 7) is 10.2. The van der Waals surface area contributed by atoms with E-state index in [1.807, 2.05) is 31.4 Å². The second kappa shape index (κ2) is 6.72. The fourth-order valence-corrected chi connectivity index (χ4v) is 2.77. The number of carbonyl (C=O) groups is 1. The molecule has 1 amide bonds. The summed E-state index contributed by atoms with van der Waals surface area (Å²) in [4.78, 5) is 13.4. The number of amides is 1. The molecule has 0 radical (unpaired) electrons. The van der Waals surface area contributed by atoms with Gasteiger partial charge in [0.25, 0.3) is 0 Å². The average Bonchev–Trinajstić information content (AvgIpc) is 2.88. The Labute approximate surface area is 126 Å². The first kappa shape index (κ1) is 17.2. The van der Waals surface area contributed by atoms with Crippen LogP contribution in [0.4, 0.5) is 0 Å². The number of hydrogen-bond donors (Lipinski definition) is 2. The zero-order valence-corrected chi connectivity index (χ0v) is 14.0. The van der Waals surface area contributed by atoms with Gasteiger partial charge in [-0.05, 0) is 51.0 Å². The van der Waals surface area contributed by atoms with Gasteiger partial charge in [0.2, 0.25) is 5.91 Å². The third-order valence-electron chi connectivity index (χ3n) is 3.59. The topological polar surface area (TPSA) is 49.3 Å². The van der Waals surface area contributed by atoms with E-state index in [9.17, 15) is 9.90 Å². The molecule has 0 fully saturated rings. The highest BCUT2D eigenvalue weighted by atomic mass is 32.1. The van der Waals surface area contributed by atoms with Crippen LogP contribution in [0.1, 0.15) is 52.3 Å². The lowest BCUT2D eigenvalue weighted by atomic mass is 9.89. The Morgan fingerprint density at radius 1 is 1.40 bits per heavy atom. The van der Waals surface area contributed by atoms with Gasteiger partial charge in [-0.25, -0.2) is 0 Å². The Morgan fingerprint density at radius 3 is 2.55 bits per heavy atom. The SMILES string of the molecule is CC(C)CCC(C)(O)CNC(=O)C(C)(C)c1cccs1. The molecule has 1 unspecified atom stereocenters. The predicted octanol–water partition coefficient (Wildman–Crippen LogP) is 3.33. The molecule has 2 N–H and O–H groups in total. The zero-order valence-electron chi connectivity index (χ0n) is 13.2. The van der Waals surface area contributed by atoms with E-state index in [0.29, 0.717) is 18.9 Å². The summed E-state index contributed by atoms with van der Waals surface area (Å²) in [5, 5.41) is 15.2. The molecule has 20 heavy (non-hydrogen) atoms. The van der Waals surface area contributed by atoms with Crippen molar-refractivity contribution in [1.29, 1.82) is 0 Å². The zero-order chi connectivity index (χ0) is 15.4. The van der Waals surface area contributed by atoms with Gasteiger partial charge < -0.3 is 10.4 Å². The summed E-state index contributed by atoms with van der Waals surface area (Å²) in [6, 6.07) is 3.93. The minimum absolute atomic E-state index is 0.0372. The van der Waals surface area contributed by atoms with E-state index in [1.54, 1.807) is 18.3 Å². The molecule has 1 aromatic rings. The fourth-order valence-electron chi connectivity index (χ4n) is 1.93. The van der Waals surface area contributed by atoms with Gasteiger partial charge >= 0.3 is 0 Å². The Balaban J connectivity index is 2.54. The summed E-state index contributed by atoms with van der Waals surface area (Å²) in [6.07, 6.45) is 1.65. The predicted molar refractivity (Wildman–Crippen MR) is 85.1 cm³/mol. The normalized spacial score (nSPS) is 15.2. The molecule has 0 saturated heterocycles. The van der Waals surface area contributed by atoms with Gasteiger partial charge in [0.05, 0.1) is 11.0 Å². The maximum atomic E-state index is 12.3. The van der Waals surface area contributed by atoms with E-state index in [4.69, 9.17) is 0 Å². The fraction of sp³-hybridized carbons (Fsp3) is 0.688. The highest BCUT2D eigenvalue weighted by Gasteiger charge is 2.32. The van der Waals surface area contributed by atoms with Crippen LogP contribution in [-0.4, -0.2) is 23.2 Å². The van der Waals surface area contributed by atoms with Crippen LogP contribution in [-0.2, 0) is 10.2 Å². The van der Waals surface area contributed by atoms with Gasteiger partial charge in [-0.3, -0.25) is 4.79 Å². The number of thiophene rings is 1. The first-order valence-corrected chi connectivity index (χ1v) is 8.08. The molecule has 4 heteroatoms. The number of aliphatic hydroxyl groups is 1. The molecule has 0 aliphatic heterocycles. The van der Waals surface area contributed by atoms with Gasteiger partial charge in [0, 0.05) is 11.4 Å². The van der Waals surface area contributed by atoms with Crippen molar-refractivity contribution in [3.63, 3.8) is 0 Å². The van der Waals surface area contributed by atoms with Crippen LogP contribution in [0.25, 0.3) is 0 Å². The molecule has 114 valence electrons. The highest BCUT2D eigenvalue weighted by Crippen LogP contribution is 2.27. The Bertz CT molecular complexity index is 422. The van der Waals surface area contributed by atoms with Crippen LogP contribution < -0.4 is 5.32 Å². The largest absolute Gasteiger partial charge is 0.388 e. The van der Waals surface area contributed by atoms with Crippen LogP contribution in [0.2, 0.25) is 0 Å². The number of hydrogen-bond acceptors (Lipinski definition) is 3. The summed E-state index contributed by atoms with van der Waals surface area (Å²) >= 11 is 1.58. The summed E-state index contributed by atoms with van der Waals surface area (Å²) in [7, 11) is 0. The van der Waals surface area contributed by atoms with Gasteiger partial charge in [-0.2, -0.15) is 0 Å². The van der Waals surface area contributed by atoms with Crippen molar-refractivity contribution in [2.24, 2.45) is 5.92 Å². The molecule has 0 saturated carbocycles. The summed E-state index contributed by atoms with van der Waals surface area (Å²) in [5.74, 6) is 0.518. The number of rotatable bonds is 7. The van der Waals surface area contributed by atoms with Crippen LogP contribution >= 0.6 is 11.3 Å². The lowest BCUT2D eigenvalue weighted by Crippen LogP contribution is -2.46.